The van der Waals surface area contributed by atoms with E-state index in [0.717, 1.165) is 24.2 Å². The standard InChI is InChI=1S/C19H19Cl2NO3/c1-24-15-7-3-13(18(10-15)25-2)11-22(14-5-6-14)19(23)12-4-8-16(20)17(21)9-12/h3-4,7-10,14H,5-6,11H2,1-2H3. The molecule has 0 heterocycles. The molecule has 3 rings (SSSR count). The van der Waals surface area contributed by atoms with Crippen LogP contribution in [0.25, 0.3) is 0 Å². The fraction of sp³-hybridized carbons (Fsp3) is 0.316. The van der Waals surface area contributed by atoms with E-state index in [-0.39, 0.29) is 11.9 Å². The Hall–Kier alpha value is -1.91. The number of hydrogen-bond donors (Lipinski definition) is 0. The molecule has 0 atom stereocenters. The highest BCUT2D eigenvalue weighted by atomic mass is 35.5. The molecule has 0 aromatic heterocycles. The number of hydrogen-bond acceptors (Lipinski definition) is 3. The fourth-order valence-electron chi connectivity index (χ4n) is 2.71. The van der Waals surface area contributed by atoms with Crippen molar-refractivity contribution in [1.82, 2.24) is 4.90 Å². The van der Waals surface area contributed by atoms with Crippen molar-refractivity contribution in [3.05, 3.63) is 57.6 Å². The summed E-state index contributed by atoms with van der Waals surface area (Å²) >= 11 is 12.0. The molecule has 0 bridgehead atoms. The molecule has 2 aromatic carbocycles. The second-order valence-corrected chi connectivity index (χ2v) is 6.79. The normalized spacial score (nSPS) is 13.4. The molecule has 0 N–H and O–H groups in total. The van der Waals surface area contributed by atoms with Gasteiger partial charge >= 0.3 is 0 Å². The Morgan fingerprint density at radius 2 is 1.84 bits per heavy atom. The summed E-state index contributed by atoms with van der Waals surface area (Å²) in [6.45, 7) is 0.469. The molecule has 0 radical (unpaired) electrons. The minimum atomic E-state index is -0.0565. The molecule has 0 spiro atoms. The molecule has 25 heavy (non-hydrogen) atoms. The first-order valence-electron chi connectivity index (χ1n) is 8.00. The summed E-state index contributed by atoms with van der Waals surface area (Å²) in [5.74, 6) is 1.36. The molecule has 4 nitrogen and oxygen atoms in total. The number of benzene rings is 2. The van der Waals surface area contributed by atoms with E-state index in [0.29, 0.717) is 27.9 Å². The van der Waals surface area contributed by atoms with Crippen LogP contribution in [-0.2, 0) is 6.54 Å². The predicted molar refractivity (Wildman–Crippen MR) is 98.9 cm³/mol. The Morgan fingerprint density at radius 1 is 1.08 bits per heavy atom. The van der Waals surface area contributed by atoms with E-state index in [1.54, 1.807) is 32.4 Å². The summed E-state index contributed by atoms with van der Waals surface area (Å²) in [5, 5.41) is 0.818. The van der Waals surface area contributed by atoms with E-state index in [4.69, 9.17) is 32.7 Å². The molecule has 2 aromatic rings. The Bertz CT molecular complexity index is 790. The number of methoxy groups -OCH3 is 2. The third-order valence-corrected chi connectivity index (χ3v) is 4.99. The van der Waals surface area contributed by atoms with Crippen molar-refractivity contribution in [3.8, 4) is 11.5 Å². The SMILES string of the molecule is COc1ccc(CN(C(=O)c2ccc(Cl)c(Cl)c2)C2CC2)c(OC)c1. The van der Waals surface area contributed by atoms with Crippen LogP contribution in [0.1, 0.15) is 28.8 Å². The van der Waals surface area contributed by atoms with E-state index >= 15 is 0 Å². The van der Waals surface area contributed by atoms with Gasteiger partial charge in [0.05, 0.1) is 24.3 Å². The predicted octanol–water partition coefficient (Wildman–Crippen LogP) is 4.82. The van der Waals surface area contributed by atoms with Crippen molar-refractivity contribution in [2.75, 3.05) is 14.2 Å². The second kappa shape index (κ2) is 7.54. The molecule has 1 aliphatic carbocycles. The largest absolute Gasteiger partial charge is 0.497 e. The van der Waals surface area contributed by atoms with Crippen LogP contribution in [0.5, 0.6) is 11.5 Å². The van der Waals surface area contributed by atoms with Crippen molar-refractivity contribution in [1.29, 1.82) is 0 Å². The van der Waals surface area contributed by atoms with Gasteiger partial charge in [-0.05, 0) is 43.2 Å². The van der Waals surface area contributed by atoms with E-state index in [1.165, 1.54) is 0 Å². The van der Waals surface area contributed by atoms with Gasteiger partial charge in [-0.3, -0.25) is 4.79 Å². The third kappa shape index (κ3) is 4.02. The maximum absolute atomic E-state index is 13.0. The summed E-state index contributed by atoms with van der Waals surface area (Å²) < 4.78 is 10.7. The zero-order valence-electron chi connectivity index (χ0n) is 14.1. The van der Waals surface area contributed by atoms with Crippen LogP contribution in [0.4, 0.5) is 0 Å². The van der Waals surface area contributed by atoms with Crippen molar-refractivity contribution >= 4 is 29.1 Å². The van der Waals surface area contributed by atoms with E-state index in [9.17, 15) is 4.79 Å². The molecular weight excluding hydrogens is 361 g/mol. The summed E-state index contributed by atoms with van der Waals surface area (Å²) in [6.07, 6.45) is 2.01. The van der Waals surface area contributed by atoms with Gasteiger partial charge in [-0.2, -0.15) is 0 Å². The quantitative estimate of drug-likeness (QED) is 0.722. The molecule has 0 saturated heterocycles. The molecule has 132 valence electrons. The smallest absolute Gasteiger partial charge is 0.254 e. The van der Waals surface area contributed by atoms with Crippen molar-refractivity contribution in [2.24, 2.45) is 0 Å². The Kier molecular flexibility index (Phi) is 5.40. The number of ether oxygens (including phenoxy) is 2. The first-order valence-corrected chi connectivity index (χ1v) is 8.76. The highest BCUT2D eigenvalue weighted by Crippen LogP contribution is 2.33. The van der Waals surface area contributed by atoms with E-state index < -0.39 is 0 Å². The van der Waals surface area contributed by atoms with Gasteiger partial charge in [0.15, 0.2) is 0 Å². The molecule has 6 heteroatoms. The molecule has 1 aliphatic rings. The minimum Gasteiger partial charge on any atom is -0.497 e. The Labute approximate surface area is 157 Å². The highest BCUT2D eigenvalue weighted by Gasteiger charge is 2.33. The van der Waals surface area contributed by atoms with Crippen molar-refractivity contribution < 1.29 is 14.3 Å². The zero-order chi connectivity index (χ0) is 18.0. The van der Waals surface area contributed by atoms with Gasteiger partial charge in [-0.25, -0.2) is 0 Å². The topological polar surface area (TPSA) is 38.8 Å². The fourth-order valence-corrected chi connectivity index (χ4v) is 3.01. The van der Waals surface area contributed by atoms with Crippen LogP contribution in [0.3, 0.4) is 0 Å². The number of rotatable bonds is 6. The van der Waals surface area contributed by atoms with Crippen LogP contribution >= 0.6 is 23.2 Å². The van der Waals surface area contributed by atoms with Gasteiger partial charge < -0.3 is 14.4 Å². The molecule has 0 unspecified atom stereocenters. The lowest BCUT2D eigenvalue weighted by Crippen LogP contribution is -2.32. The van der Waals surface area contributed by atoms with Crippen LogP contribution in [0.2, 0.25) is 10.0 Å². The van der Waals surface area contributed by atoms with E-state index in [2.05, 4.69) is 0 Å². The minimum absolute atomic E-state index is 0.0565. The Balaban J connectivity index is 1.87. The first kappa shape index (κ1) is 17.9. The lowest BCUT2D eigenvalue weighted by atomic mass is 10.1. The highest BCUT2D eigenvalue weighted by molar-refractivity contribution is 6.42. The molecule has 1 amide bonds. The van der Waals surface area contributed by atoms with Crippen LogP contribution in [-0.4, -0.2) is 31.1 Å². The van der Waals surface area contributed by atoms with Gasteiger partial charge in [0.2, 0.25) is 0 Å². The van der Waals surface area contributed by atoms with Crippen LogP contribution < -0.4 is 9.47 Å². The maximum atomic E-state index is 13.0. The molecule has 0 aliphatic heterocycles. The average molecular weight is 380 g/mol. The lowest BCUT2D eigenvalue weighted by Gasteiger charge is -2.24. The zero-order valence-corrected chi connectivity index (χ0v) is 15.6. The van der Waals surface area contributed by atoms with Gasteiger partial charge in [-0.15, -0.1) is 0 Å². The Morgan fingerprint density at radius 3 is 2.44 bits per heavy atom. The number of halogens is 2. The average Bonchev–Trinajstić information content (AvgIpc) is 3.46. The number of carbonyl (C=O) groups excluding carboxylic acids is 1. The molecular formula is C19H19Cl2NO3. The van der Waals surface area contributed by atoms with Gasteiger partial charge in [0, 0.05) is 29.8 Å². The molecule has 1 saturated carbocycles. The number of carbonyl (C=O) groups is 1. The number of amides is 1. The molecule has 1 fully saturated rings. The van der Waals surface area contributed by atoms with Crippen molar-refractivity contribution in [2.45, 2.75) is 25.4 Å². The second-order valence-electron chi connectivity index (χ2n) is 5.97. The van der Waals surface area contributed by atoms with Crippen LogP contribution in [0.15, 0.2) is 36.4 Å². The summed E-state index contributed by atoms with van der Waals surface area (Å²) in [4.78, 5) is 14.8. The van der Waals surface area contributed by atoms with Gasteiger partial charge in [0.1, 0.15) is 11.5 Å². The first-order chi connectivity index (χ1) is 12.0. The summed E-state index contributed by atoms with van der Waals surface area (Å²) in [6, 6.07) is 10.8. The van der Waals surface area contributed by atoms with Crippen molar-refractivity contribution in [3.63, 3.8) is 0 Å². The van der Waals surface area contributed by atoms with Gasteiger partial charge in [0.25, 0.3) is 5.91 Å². The lowest BCUT2D eigenvalue weighted by molar-refractivity contribution is 0.0729. The third-order valence-electron chi connectivity index (χ3n) is 4.25. The summed E-state index contributed by atoms with van der Waals surface area (Å²) in [7, 11) is 3.22. The number of nitrogens with zero attached hydrogens (tertiary/aromatic N) is 1. The summed E-state index contributed by atoms with van der Waals surface area (Å²) in [5.41, 5.74) is 1.47. The maximum Gasteiger partial charge on any atom is 0.254 e. The van der Waals surface area contributed by atoms with Crippen LogP contribution in [0, 0.1) is 0 Å². The van der Waals surface area contributed by atoms with E-state index in [1.807, 2.05) is 23.1 Å². The monoisotopic (exact) mass is 379 g/mol. The van der Waals surface area contributed by atoms with Gasteiger partial charge in [-0.1, -0.05) is 23.2 Å².